The Morgan fingerprint density at radius 2 is 1.25 bits per heavy atom. The summed E-state index contributed by atoms with van der Waals surface area (Å²) in [4.78, 5) is 10.3. The summed E-state index contributed by atoms with van der Waals surface area (Å²) in [5.41, 5.74) is 0. The van der Waals surface area contributed by atoms with Crippen LogP contribution in [0, 0.1) is 0 Å². The van der Waals surface area contributed by atoms with Crippen LogP contribution in [0.2, 0.25) is 0 Å². The largest absolute Gasteiger partial charge is 0.481 e. The predicted molar refractivity (Wildman–Crippen MR) is 80.7 cm³/mol. The van der Waals surface area contributed by atoms with Crippen LogP contribution in [-0.4, -0.2) is 33.5 Å². The van der Waals surface area contributed by atoms with Gasteiger partial charge >= 0.3 is 5.97 Å². The van der Waals surface area contributed by atoms with Crippen LogP contribution in [0.5, 0.6) is 0 Å². The van der Waals surface area contributed by atoms with E-state index in [2.05, 4.69) is 6.92 Å². The van der Waals surface area contributed by atoms with Gasteiger partial charge in [-0.1, -0.05) is 58.3 Å². The predicted octanol–water partition coefficient (Wildman–Crippen LogP) is 3.49. The average Bonchev–Trinajstić information content (AvgIpc) is 2.41. The minimum Gasteiger partial charge on any atom is -0.481 e. The summed E-state index contributed by atoms with van der Waals surface area (Å²) in [6.07, 6.45) is 9.68. The van der Waals surface area contributed by atoms with Gasteiger partial charge < -0.3 is 15.3 Å². The average molecular weight is 288 g/mol. The van der Waals surface area contributed by atoms with E-state index in [4.69, 9.17) is 5.11 Å². The van der Waals surface area contributed by atoms with E-state index in [1.807, 2.05) is 0 Å². The van der Waals surface area contributed by atoms with E-state index in [1.165, 1.54) is 38.5 Å². The Kier molecular flexibility index (Phi) is 13.0. The Labute approximate surface area is 123 Å². The van der Waals surface area contributed by atoms with Crippen LogP contribution >= 0.6 is 0 Å². The first kappa shape index (κ1) is 19.4. The molecule has 0 aromatic carbocycles. The fourth-order valence-electron chi connectivity index (χ4n) is 2.33. The molecule has 0 fully saturated rings. The van der Waals surface area contributed by atoms with Crippen molar-refractivity contribution in [1.29, 1.82) is 0 Å². The zero-order valence-electron chi connectivity index (χ0n) is 12.9. The molecule has 0 aliphatic heterocycles. The summed E-state index contributed by atoms with van der Waals surface area (Å²) < 4.78 is 0. The van der Waals surface area contributed by atoms with Gasteiger partial charge in [-0.2, -0.15) is 0 Å². The van der Waals surface area contributed by atoms with Gasteiger partial charge in [0, 0.05) is 6.42 Å². The molecule has 0 unspecified atom stereocenters. The summed E-state index contributed by atoms with van der Waals surface area (Å²) >= 11 is 0. The van der Waals surface area contributed by atoms with Crippen molar-refractivity contribution in [2.24, 2.45) is 0 Å². The smallest absolute Gasteiger partial charge is 0.303 e. The molecular formula is C16H32O4. The molecule has 120 valence electrons. The third-order valence-electron chi connectivity index (χ3n) is 3.69. The lowest BCUT2D eigenvalue weighted by atomic mass is 10.0. The molecule has 4 heteroatoms. The maximum Gasteiger partial charge on any atom is 0.303 e. The second-order valence-electron chi connectivity index (χ2n) is 5.68. The molecule has 0 bridgehead atoms. The quantitative estimate of drug-likeness (QED) is 0.428. The second-order valence-corrected chi connectivity index (χ2v) is 5.68. The number of carboxylic acid groups (broad SMARTS) is 1. The van der Waals surface area contributed by atoms with Gasteiger partial charge in [-0.3, -0.25) is 4.79 Å². The molecule has 0 saturated heterocycles. The Morgan fingerprint density at radius 1 is 0.800 bits per heavy atom. The fourth-order valence-corrected chi connectivity index (χ4v) is 2.33. The minimum absolute atomic E-state index is 0.0571. The van der Waals surface area contributed by atoms with E-state index in [1.54, 1.807) is 0 Å². The van der Waals surface area contributed by atoms with Crippen molar-refractivity contribution in [1.82, 2.24) is 0 Å². The van der Waals surface area contributed by atoms with Gasteiger partial charge in [-0.15, -0.1) is 0 Å². The van der Waals surface area contributed by atoms with Crippen molar-refractivity contribution < 1.29 is 20.1 Å². The molecule has 0 spiro atoms. The molecule has 0 aromatic heterocycles. The topological polar surface area (TPSA) is 77.8 Å². The number of carbonyl (C=O) groups is 1. The highest BCUT2D eigenvalue weighted by Gasteiger charge is 2.15. The Bertz CT molecular complexity index is 231. The second kappa shape index (κ2) is 13.4. The van der Waals surface area contributed by atoms with Gasteiger partial charge in [0.25, 0.3) is 0 Å². The molecule has 4 nitrogen and oxygen atoms in total. The van der Waals surface area contributed by atoms with Gasteiger partial charge in [-0.05, 0) is 19.3 Å². The summed E-state index contributed by atoms with van der Waals surface area (Å²) in [6.45, 7) is 2.21. The van der Waals surface area contributed by atoms with Crippen molar-refractivity contribution in [3.8, 4) is 0 Å². The first-order chi connectivity index (χ1) is 9.57. The highest BCUT2D eigenvalue weighted by atomic mass is 16.4. The van der Waals surface area contributed by atoms with Crippen LogP contribution in [-0.2, 0) is 4.79 Å². The lowest BCUT2D eigenvalue weighted by Gasteiger charge is -2.17. The number of hydrogen-bond acceptors (Lipinski definition) is 3. The lowest BCUT2D eigenvalue weighted by molar-refractivity contribution is -0.137. The van der Waals surface area contributed by atoms with Crippen LogP contribution in [0.3, 0.4) is 0 Å². The molecule has 3 N–H and O–H groups in total. The normalized spacial score (nSPS) is 14.2. The molecule has 0 saturated carbocycles. The Morgan fingerprint density at radius 3 is 1.75 bits per heavy atom. The van der Waals surface area contributed by atoms with Crippen molar-refractivity contribution in [2.45, 2.75) is 96.2 Å². The molecule has 0 heterocycles. The number of aliphatic carboxylic acids is 1. The molecule has 0 aliphatic carbocycles. The number of unbranched alkanes of at least 4 members (excludes halogenated alkanes) is 7. The van der Waals surface area contributed by atoms with Gasteiger partial charge in [0.15, 0.2) is 0 Å². The molecule has 2 atom stereocenters. The number of aliphatic hydroxyl groups excluding tert-OH is 2. The van der Waals surface area contributed by atoms with Crippen LogP contribution in [0.25, 0.3) is 0 Å². The van der Waals surface area contributed by atoms with E-state index >= 15 is 0 Å². The highest BCUT2D eigenvalue weighted by molar-refractivity contribution is 5.66. The monoisotopic (exact) mass is 288 g/mol. The summed E-state index contributed by atoms with van der Waals surface area (Å²) in [5.74, 6) is -0.852. The first-order valence-corrected chi connectivity index (χ1v) is 8.15. The third-order valence-corrected chi connectivity index (χ3v) is 3.69. The first-order valence-electron chi connectivity index (χ1n) is 8.15. The molecule has 0 radical (unpaired) electrons. The molecule has 0 aromatic rings. The van der Waals surface area contributed by atoms with Crippen molar-refractivity contribution in [2.75, 3.05) is 0 Å². The molecule has 20 heavy (non-hydrogen) atoms. The maximum absolute atomic E-state index is 10.3. The SMILES string of the molecule is CCCCCCCCCC[C@@H](O)[C@@H](O)CCCC(=O)O. The Balaban J connectivity index is 3.38. The number of carboxylic acids is 1. The van der Waals surface area contributed by atoms with E-state index in [-0.39, 0.29) is 6.42 Å². The zero-order valence-corrected chi connectivity index (χ0v) is 12.9. The zero-order chi connectivity index (χ0) is 15.2. The summed E-state index contributed by atoms with van der Waals surface area (Å²) in [7, 11) is 0. The number of hydrogen-bond donors (Lipinski definition) is 3. The van der Waals surface area contributed by atoms with Crippen LogP contribution in [0.1, 0.15) is 84.0 Å². The number of rotatable bonds is 14. The van der Waals surface area contributed by atoms with Gasteiger partial charge in [0.2, 0.25) is 0 Å². The maximum atomic E-state index is 10.3. The highest BCUT2D eigenvalue weighted by Crippen LogP contribution is 2.14. The van der Waals surface area contributed by atoms with Gasteiger partial charge in [0.05, 0.1) is 12.2 Å². The van der Waals surface area contributed by atoms with E-state index < -0.39 is 18.2 Å². The van der Waals surface area contributed by atoms with Crippen molar-refractivity contribution in [3.05, 3.63) is 0 Å². The lowest BCUT2D eigenvalue weighted by Crippen LogP contribution is -2.25. The Hall–Kier alpha value is -0.610. The number of aliphatic hydroxyl groups is 2. The van der Waals surface area contributed by atoms with Gasteiger partial charge in [0.1, 0.15) is 0 Å². The van der Waals surface area contributed by atoms with E-state index in [9.17, 15) is 15.0 Å². The summed E-state index contributed by atoms with van der Waals surface area (Å²) in [5, 5.41) is 27.9. The standard InChI is InChI=1S/C16H32O4/c1-2-3-4-5-6-7-8-9-11-14(17)15(18)12-10-13-16(19)20/h14-15,17-18H,2-13H2,1H3,(H,19,20)/t14-,15+/m1/s1. The third kappa shape index (κ3) is 12.4. The van der Waals surface area contributed by atoms with Gasteiger partial charge in [-0.25, -0.2) is 0 Å². The molecule has 0 rings (SSSR count). The summed E-state index contributed by atoms with van der Waals surface area (Å²) in [6, 6.07) is 0. The van der Waals surface area contributed by atoms with Crippen LogP contribution in [0.15, 0.2) is 0 Å². The molecule has 0 amide bonds. The molecular weight excluding hydrogens is 256 g/mol. The van der Waals surface area contributed by atoms with Crippen LogP contribution in [0.4, 0.5) is 0 Å². The minimum atomic E-state index is -0.852. The van der Waals surface area contributed by atoms with E-state index in [0.29, 0.717) is 19.3 Å². The van der Waals surface area contributed by atoms with Crippen molar-refractivity contribution >= 4 is 5.97 Å². The molecule has 0 aliphatic rings. The van der Waals surface area contributed by atoms with Crippen molar-refractivity contribution in [3.63, 3.8) is 0 Å². The van der Waals surface area contributed by atoms with Crippen LogP contribution < -0.4 is 0 Å². The van der Waals surface area contributed by atoms with E-state index in [0.717, 1.165) is 12.8 Å². The fraction of sp³-hybridized carbons (Fsp3) is 0.938.